The van der Waals surface area contributed by atoms with Crippen molar-refractivity contribution in [2.75, 3.05) is 32.8 Å². The molecule has 0 aliphatic carbocycles. The lowest BCUT2D eigenvalue weighted by atomic mass is 10.1. The quantitative estimate of drug-likeness (QED) is 0.821. The van der Waals surface area contributed by atoms with E-state index in [0.717, 1.165) is 12.8 Å². The third kappa shape index (κ3) is 3.53. The minimum Gasteiger partial charge on any atom is -0.488 e. The van der Waals surface area contributed by atoms with Crippen LogP contribution in [0.3, 0.4) is 0 Å². The number of benzene rings is 1. The number of carbonyl (C=O) groups is 2. The molecular weight excluding hydrogens is 335 g/mol. The topological polar surface area (TPSA) is 49.9 Å². The molecule has 0 bridgehead atoms. The number of ether oxygens (including phenoxy) is 1. The number of amides is 2. The second-order valence-corrected chi connectivity index (χ2v) is 6.20. The molecule has 2 amide bonds. The summed E-state index contributed by atoms with van der Waals surface area (Å²) in [5, 5.41) is 0.315. The van der Waals surface area contributed by atoms with Gasteiger partial charge in [0.05, 0.1) is 12.2 Å². The molecule has 2 aliphatic rings. The summed E-state index contributed by atoms with van der Waals surface area (Å²) < 4.78 is 19.2. The van der Waals surface area contributed by atoms with Crippen LogP contribution in [0.4, 0.5) is 4.39 Å². The first kappa shape index (κ1) is 16.8. The maximum atomic E-state index is 13.8. The van der Waals surface area contributed by atoms with Crippen molar-refractivity contribution >= 4 is 23.4 Å². The minimum atomic E-state index is -0.594. The van der Waals surface area contributed by atoms with Crippen LogP contribution in [0.1, 0.15) is 23.2 Å². The summed E-state index contributed by atoms with van der Waals surface area (Å²) in [4.78, 5) is 28.0. The molecule has 3 rings (SSSR count). The third-order valence-corrected chi connectivity index (χ3v) is 4.39. The third-order valence-electron chi connectivity index (χ3n) is 4.16. The first-order valence-corrected chi connectivity index (χ1v) is 8.30. The molecule has 1 fully saturated rings. The van der Waals surface area contributed by atoms with E-state index >= 15 is 0 Å². The Morgan fingerprint density at radius 1 is 1.08 bits per heavy atom. The molecule has 0 radical (unpaired) electrons. The summed E-state index contributed by atoms with van der Waals surface area (Å²) >= 11 is 5.84. The SMILES string of the molecule is O=C(C1=CCCCO1)N1CCN(C(=O)c2cc(Cl)ccc2F)CC1. The highest BCUT2D eigenvalue weighted by Gasteiger charge is 2.28. The van der Waals surface area contributed by atoms with E-state index < -0.39 is 11.7 Å². The Bertz CT molecular complexity index is 684. The molecule has 5 nitrogen and oxygen atoms in total. The molecule has 1 aromatic carbocycles. The van der Waals surface area contributed by atoms with Crippen molar-refractivity contribution in [3.63, 3.8) is 0 Å². The summed E-state index contributed by atoms with van der Waals surface area (Å²) in [5.41, 5.74) is -0.0411. The van der Waals surface area contributed by atoms with Gasteiger partial charge in [0.15, 0.2) is 5.76 Å². The molecule has 0 saturated carbocycles. The Kier molecular flexibility index (Phi) is 5.04. The summed E-state index contributed by atoms with van der Waals surface area (Å²) in [6.07, 6.45) is 3.57. The molecule has 7 heteroatoms. The normalized spacial score (nSPS) is 18.0. The molecule has 0 N–H and O–H groups in total. The second kappa shape index (κ2) is 7.21. The number of hydrogen-bond acceptors (Lipinski definition) is 3. The Labute approximate surface area is 144 Å². The van der Waals surface area contributed by atoms with Crippen LogP contribution < -0.4 is 0 Å². The van der Waals surface area contributed by atoms with Crippen molar-refractivity contribution < 1.29 is 18.7 Å². The predicted octanol–water partition coefficient (Wildman–Crippen LogP) is 2.46. The number of halogens is 2. The standard InChI is InChI=1S/C17H18ClFN2O3/c18-12-4-5-14(19)13(11-12)16(22)20-6-8-21(9-7-20)17(23)15-3-1-2-10-24-15/h3-5,11H,1-2,6-10H2. The Balaban J connectivity index is 1.62. The van der Waals surface area contributed by atoms with Gasteiger partial charge in [0, 0.05) is 31.2 Å². The van der Waals surface area contributed by atoms with Gasteiger partial charge in [-0.3, -0.25) is 9.59 Å². The summed E-state index contributed by atoms with van der Waals surface area (Å²) in [7, 11) is 0. The monoisotopic (exact) mass is 352 g/mol. The number of nitrogens with zero attached hydrogens (tertiary/aromatic N) is 2. The van der Waals surface area contributed by atoms with Crippen molar-refractivity contribution in [3.05, 3.63) is 46.4 Å². The number of carbonyl (C=O) groups excluding carboxylic acids is 2. The largest absolute Gasteiger partial charge is 0.488 e. The molecule has 1 aromatic rings. The van der Waals surface area contributed by atoms with E-state index in [1.807, 2.05) is 6.08 Å². The van der Waals surface area contributed by atoms with Gasteiger partial charge in [0.2, 0.25) is 0 Å². The van der Waals surface area contributed by atoms with Crippen LogP contribution in [0.25, 0.3) is 0 Å². The lowest BCUT2D eigenvalue weighted by molar-refractivity contribution is -0.132. The number of hydrogen-bond donors (Lipinski definition) is 0. The number of allylic oxidation sites excluding steroid dienone is 1. The zero-order valence-electron chi connectivity index (χ0n) is 13.1. The van der Waals surface area contributed by atoms with Crippen LogP contribution in [-0.4, -0.2) is 54.4 Å². The van der Waals surface area contributed by atoms with Gasteiger partial charge in [0.25, 0.3) is 11.8 Å². The maximum Gasteiger partial charge on any atom is 0.288 e. The lowest BCUT2D eigenvalue weighted by Gasteiger charge is -2.35. The van der Waals surface area contributed by atoms with Crippen LogP contribution in [-0.2, 0) is 9.53 Å². The Morgan fingerprint density at radius 3 is 2.38 bits per heavy atom. The summed E-state index contributed by atoms with van der Waals surface area (Å²) in [6.45, 7) is 2.05. The van der Waals surface area contributed by atoms with Gasteiger partial charge in [-0.15, -0.1) is 0 Å². The van der Waals surface area contributed by atoms with Crippen LogP contribution in [0.5, 0.6) is 0 Å². The van der Waals surface area contributed by atoms with Crippen LogP contribution in [0.15, 0.2) is 30.0 Å². The van der Waals surface area contributed by atoms with E-state index in [1.54, 1.807) is 4.90 Å². The summed E-state index contributed by atoms with van der Waals surface area (Å²) in [5.74, 6) is -0.753. The van der Waals surface area contributed by atoms with Crippen molar-refractivity contribution in [1.82, 2.24) is 9.80 Å². The van der Waals surface area contributed by atoms with E-state index in [1.165, 1.54) is 23.1 Å². The van der Waals surface area contributed by atoms with E-state index in [4.69, 9.17) is 16.3 Å². The maximum absolute atomic E-state index is 13.8. The van der Waals surface area contributed by atoms with Gasteiger partial charge in [-0.05, 0) is 37.1 Å². The average molecular weight is 353 g/mol. The van der Waals surface area contributed by atoms with Gasteiger partial charge >= 0.3 is 0 Å². The zero-order valence-corrected chi connectivity index (χ0v) is 13.9. The first-order valence-electron chi connectivity index (χ1n) is 7.93. The van der Waals surface area contributed by atoms with Crippen molar-refractivity contribution in [2.45, 2.75) is 12.8 Å². The lowest BCUT2D eigenvalue weighted by Crippen LogP contribution is -2.51. The molecule has 128 valence electrons. The van der Waals surface area contributed by atoms with Crippen LogP contribution in [0, 0.1) is 5.82 Å². The smallest absolute Gasteiger partial charge is 0.288 e. The van der Waals surface area contributed by atoms with E-state index in [9.17, 15) is 14.0 Å². The second-order valence-electron chi connectivity index (χ2n) is 5.77. The van der Waals surface area contributed by atoms with Gasteiger partial charge < -0.3 is 14.5 Å². The fourth-order valence-electron chi connectivity index (χ4n) is 2.81. The number of rotatable bonds is 2. The molecule has 0 aromatic heterocycles. The fraction of sp³-hybridized carbons (Fsp3) is 0.412. The van der Waals surface area contributed by atoms with Crippen LogP contribution >= 0.6 is 11.6 Å². The predicted molar refractivity (Wildman–Crippen MR) is 87.2 cm³/mol. The highest BCUT2D eigenvalue weighted by molar-refractivity contribution is 6.31. The molecule has 1 saturated heterocycles. The Morgan fingerprint density at radius 2 is 1.75 bits per heavy atom. The average Bonchev–Trinajstić information content (AvgIpc) is 2.63. The van der Waals surface area contributed by atoms with E-state index in [0.29, 0.717) is 43.6 Å². The van der Waals surface area contributed by atoms with Crippen molar-refractivity contribution in [2.24, 2.45) is 0 Å². The van der Waals surface area contributed by atoms with Crippen molar-refractivity contribution in [1.29, 1.82) is 0 Å². The van der Waals surface area contributed by atoms with Gasteiger partial charge in [-0.2, -0.15) is 0 Å². The molecule has 2 aliphatic heterocycles. The number of piperazine rings is 1. The van der Waals surface area contributed by atoms with Crippen LogP contribution in [0.2, 0.25) is 5.02 Å². The zero-order chi connectivity index (χ0) is 17.1. The first-order chi connectivity index (χ1) is 11.6. The molecular formula is C17H18ClFN2O3. The highest BCUT2D eigenvalue weighted by Crippen LogP contribution is 2.19. The Hall–Kier alpha value is -2.08. The van der Waals surface area contributed by atoms with Gasteiger partial charge in [-0.25, -0.2) is 4.39 Å². The van der Waals surface area contributed by atoms with E-state index in [-0.39, 0.29) is 11.5 Å². The molecule has 0 unspecified atom stereocenters. The van der Waals surface area contributed by atoms with Gasteiger partial charge in [-0.1, -0.05) is 11.6 Å². The molecule has 24 heavy (non-hydrogen) atoms. The molecule has 0 atom stereocenters. The van der Waals surface area contributed by atoms with Crippen molar-refractivity contribution in [3.8, 4) is 0 Å². The molecule has 2 heterocycles. The molecule has 0 spiro atoms. The summed E-state index contributed by atoms with van der Waals surface area (Å²) in [6, 6.07) is 3.92. The van der Waals surface area contributed by atoms with Gasteiger partial charge in [0.1, 0.15) is 5.82 Å². The fourth-order valence-corrected chi connectivity index (χ4v) is 2.98. The minimum absolute atomic E-state index is 0.0411. The van der Waals surface area contributed by atoms with E-state index in [2.05, 4.69) is 0 Å². The highest BCUT2D eigenvalue weighted by atomic mass is 35.5.